The maximum atomic E-state index is 14.4. The largest absolute Gasteiger partial charge is 0.493 e. The number of imide groups is 1. The molecule has 1 fully saturated rings. The molecule has 0 saturated carbocycles. The zero-order valence-corrected chi connectivity index (χ0v) is 25.5. The molecule has 45 heavy (non-hydrogen) atoms. The van der Waals surface area contributed by atoms with Gasteiger partial charge in [0, 0.05) is 23.5 Å². The number of hydrogen-bond donors (Lipinski definition) is 1. The number of benzene rings is 5. The lowest BCUT2D eigenvalue weighted by Crippen LogP contribution is -2.51. The number of ether oxygens (including phenoxy) is 1. The van der Waals surface area contributed by atoms with Gasteiger partial charge in [0.2, 0.25) is 5.91 Å². The molecule has 1 aliphatic rings. The van der Waals surface area contributed by atoms with E-state index in [1.165, 1.54) is 15.8 Å². The van der Waals surface area contributed by atoms with Crippen LogP contribution in [0.2, 0.25) is 0 Å². The van der Waals surface area contributed by atoms with Crippen molar-refractivity contribution in [3.8, 4) is 5.75 Å². The predicted molar refractivity (Wildman–Crippen MR) is 180 cm³/mol. The second-order valence-electron chi connectivity index (χ2n) is 11.2. The number of fused-ring (bicyclic) bond motifs is 1. The van der Waals surface area contributed by atoms with Gasteiger partial charge in [-0.05, 0) is 52.4 Å². The van der Waals surface area contributed by atoms with Gasteiger partial charge in [-0.2, -0.15) is 0 Å². The fourth-order valence-electron chi connectivity index (χ4n) is 6.37. The summed E-state index contributed by atoms with van der Waals surface area (Å²) in [6.45, 7) is 0.558. The lowest BCUT2D eigenvalue weighted by Gasteiger charge is -2.42. The number of carbonyl (C=O) groups is 2. The molecular weight excluding hydrogens is 577 g/mol. The summed E-state index contributed by atoms with van der Waals surface area (Å²) in [6.07, 6.45) is 3.28. The van der Waals surface area contributed by atoms with Crippen LogP contribution in [0.25, 0.3) is 10.9 Å². The summed E-state index contributed by atoms with van der Waals surface area (Å²) in [4.78, 5) is 33.1. The number of H-pyrrole nitrogens is 1. The molecule has 0 spiro atoms. The van der Waals surface area contributed by atoms with Crippen LogP contribution < -0.4 is 4.74 Å². The Morgan fingerprint density at radius 1 is 0.689 bits per heavy atom. The number of hydrogen-bond acceptors (Lipinski definition) is 4. The van der Waals surface area contributed by atoms with Gasteiger partial charge in [-0.15, -0.1) is 0 Å². The van der Waals surface area contributed by atoms with Crippen LogP contribution in [0.15, 0.2) is 146 Å². The molecule has 6 heteroatoms. The van der Waals surface area contributed by atoms with Crippen LogP contribution in [0.1, 0.15) is 27.8 Å². The molecule has 1 aromatic heterocycles. The Kier molecular flexibility index (Phi) is 7.97. The van der Waals surface area contributed by atoms with Gasteiger partial charge in [0.1, 0.15) is 11.3 Å². The Bertz CT molecular complexity index is 1830. The van der Waals surface area contributed by atoms with Gasteiger partial charge in [0.15, 0.2) is 0 Å². The van der Waals surface area contributed by atoms with Crippen LogP contribution in [0.5, 0.6) is 5.75 Å². The quantitative estimate of drug-likeness (QED) is 0.159. The molecule has 5 aromatic carbocycles. The maximum absolute atomic E-state index is 14.4. The van der Waals surface area contributed by atoms with Crippen molar-refractivity contribution in [1.29, 1.82) is 0 Å². The number of nitrogens with zero attached hydrogens (tertiary/aromatic N) is 1. The van der Waals surface area contributed by atoms with Crippen molar-refractivity contribution < 1.29 is 14.3 Å². The smallest absolute Gasteiger partial charge is 0.290 e. The first-order chi connectivity index (χ1) is 22.1. The van der Waals surface area contributed by atoms with E-state index in [9.17, 15) is 9.59 Å². The van der Waals surface area contributed by atoms with Crippen molar-refractivity contribution in [2.75, 3.05) is 6.61 Å². The van der Waals surface area contributed by atoms with Crippen molar-refractivity contribution in [3.05, 3.63) is 174 Å². The topological polar surface area (TPSA) is 62.4 Å². The van der Waals surface area contributed by atoms with E-state index in [0.717, 1.165) is 51.7 Å². The molecule has 1 N–H and O–H groups in total. The second kappa shape index (κ2) is 12.5. The van der Waals surface area contributed by atoms with E-state index in [0.29, 0.717) is 13.0 Å². The SMILES string of the molecule is O=C1SC(Cc2ccc(OCCc3c[nH]c4ccccc34)cc2)C(=O)N1C(c1ccccc1)(c1ccccc1)c1ccccc1. The normalized spacial score (nSPS) is 15.1. The van der Waals surface area contributed by atoms with E-state index < -0.39 is 10.8 Å². The zero-order valence-electron chi connectivity index (χ0n) is 24.6. The Labute approximate surface area is 266 Å². The number of thioether (sulfide) groups is 1. The van der Waals surface area contributed by atoms with Crippen molar-refractivity contribution >= 4 is 33.8 Å². The van der Waals surface area contributed by atoms with E-state index in [1.54, 1.807) is 0 Å². The summed E-state index contributed by atoms with van der Waals surface area (Å²) < 4.78 is 6.05. The number of aromatic nitrogens is 1. The van der Waals surface area contributed by atoms with E-state index in [4.69, 9.17) is 4.74 Å². The summed E-state index contributed by atoms with van der Waals surface area (Å²) in [6, 6.07) is 45.7. The van der Waals surface area contributed by atoms with E-state index in [2.05, 4.69) is 17.1 Å². The highest BCUT2D eigenvalue weighted by molar-refractivity contribution is 8.15. The number of amides is 2. The molecular formula is C39H32N2O3S. The third-order valence-corrected chi connectivity index (χ3v) is 9.53. The molecule has 1 aliphatic heterocycles. The monoisotopic (exact) mass is 608 g/mol. The van der Waals surface area contributed by atoms with Crippen molar-refractivity contribution in [3.63, 3.8) is 0 Å². The molecule has 2 heterocycles. The molecule has 0 bridgehead atoms. The van der Waals surface area contributed by atoms with Crippen LogP contribution >= 0.6 is 11.8 Å². The Morgan fingerprint density at radius 2 is 1.24 bits per heavy atom. The van der Waals surface area contributed by atoms with Gasteiger partial charge in [-0.25, -0.2) is 0 Å². The molecule has 6 aromatic rings. The molecule has 7 rings (SSSR count). The molecule has 1 atom stereocenters. The molecule has 0 radical (unpaired) electrons. The number of rotatable bonds is 10. The summed E-state index contributed by atoms with van der Waals surface area (Å²) in [5.41, 5.74) is 4.80. The van der Waals surface area contributed by atoms with Gasteiger partial charge < -0.3 is 9.72 Å². The summed E-state index contributed by atoms with van der Waals surface area (Å²) in [5.74, 6) is 0.582. The van der Waals surface area contributed by atoms with Crippen LogP contribution in [0.4, 0.5) is 4.79 Å². The minimum absolute atomic E-state index is 0.194. The summed E-state index contributed by atoms with van der Waals surface area (Å²) >= 11 is 1.11. The highest BCUT2D eigenvalue weighted by Gasteiger charge is 2.53. The molecule has 1 saturated heterocycles. The van der Waals surface area contributed by atoms with Crippen molar-refractivity contribution in [2.24, 2.45) is 0 Å². The first kappa shape index (κ1) is 28.7. The fraction of sp³-hybridized carbons (Fsp3) is 0.128. The highest BCUT2D eigenvalue weighted by atomic mass is 32.2. The lowest BCUT2D eigenvalue weighted by molar-refractivity contribution is -0.129. The minimum atomic E-state index is -1.11. The third-order valence-electron chi connectivity index (χ3n) is 8.49. The Hall–Kier alpha value is -5.07. The molecule has 2 amide bonds. The fourth-order valence-corrected chi connectivity index (χ4v) is 7.43. The predicted octanol–water partition coefficient (Wildman–Crippen LogP) is 8.39. The molecule has 1 unspecified atom stereocenters. The number of nitrogens with one attached hydrogen (secondary N) is 1. The maximum Gasteiger partial charge on any atom is 0.290 e. The van der Waals surface area contributed by atoms with Crippen molar-refractivity contribution in [2.45, 2.75) is 23.6 Å². The molecule has 0 aliphatic carbocycles. The van der Waals surface area contributed by atoms with Crippen LogP contribution in [0, 0.1) is 0 Å². The van der Waals surface area contributed by atoms with Gasteiger partial charge in [0.05, 0.1) is 11.9 Å². The second-order valence-corrected chi connectivity index (χ2v) is 12.3. The standard InChI is InChI=1S/C39H32N2O3S/c42-37-36(26-28-20-22-33(23-21-28)44-25-24-29-27-40-35-19-11-10-18-34(29)35)45-38(43)41(37)39(30-12-4-1-5-13-30,31-14-6-2-7-15-31)32-16-8-3-9-17-32/h1-23,27,36,40H,24-26H2. The van der Waals surface area contributed by atoms with E-state index in [-0.39, 0.29) is 11.1 Å². The number of aromatic amines is 1. The molecule has 222 valence electrons. The first-order valence-electron chi connectivity index (χ1n) is 15.1. The molecule has 5 nitrogen and oxygen atoms in total. The lowest BCUT2D eigenvalue weighted by atomic mass is 9.75. The van der Waals surface area contributed by atoms with Crippen LogP contribution in [0.3, 0.4) is 0 Å². The van der Waals surface area contributed by atoms with Gasteiger partial charge in [-0.1, -0.05) is 133 Å². The first-order valence-corrected chi connectivity index (χ1v) is 16.0. The highest BCUT2D eigenvalue weighted by Crippen LogP contribution is 2.47. The van der Waals surface area contributed by atoms with Gasteiger partial charge in [-0.3, -0.25) is 14.5 Å². The van der Waals surface area contributed by atoms with E-state index >= 15 is 0 Å². The summed E-state index contributed by atoms with van der Waals surface area (Å²) in [7, 11) is 0. The summed E-state index contributed by atoms with van der Waals surface area (Å²) in [5, 5.41) is 0.426. The third kappa shape index (κ3) is 5.42. The Morgan fingerprint density at radius 3 is 1.84 bits per heavy atom. The average Bonchev–Trinajstić information content (AvgIpc) is 3.63. The van der Waals surface area contributed by atoms with Crippen LogP contribution in [-0.2, 0) is 23.2 Å². The Balaban J connectivity index is 1.12. The van der Waals surface area contributed by atoms with Crippen LogP contribution in [-0.4, -0.2) is 32.9 Å². The number of carbonyl (C=O) groups excluding carboxylic acids is 2. The minimum Gasteiger partial charge on any atom is -0.493 e. The van der Waals surface area contributed by atoms with E-state index in [1.807, 2.05) is 134 Å². The van der Waals surface area contributed by atoms with Gasteiger partial charge in [0.25, 0.3) is 5.24 Å². The zero-order chi connectivity index (χ0) is 30.6. The van der Waals surface area contributed by atoms with Gasteiger partial charge >= 0.3 is 0 Å². The average molecular weight is 609 g/mol. The number of para-hydroxylation sites is 1. The van der Waals surface area contributed by atoms with Crippen molar-refractivity contribution in [1.82, 2.24) is 9.88 Å².